The lowest BCUT2D eigenvalue weighted by molar-refractivity contribution is -0.113. The second kappa shape index (κ2) is 6.53. The summed E-state index contributed by atoms with van der Waals surface area (Å²) >= 11 is 0. The predicted octanol–water partition coefficient (Wildman–Crippen LogP) is 3.64. The normalized spacial score (nSPS) is 19.9. The minimum absolute atomic E-state index is 0.147. The third kappa shape index (κ3) is 3.13. The van der Waals surface area contributed by atoms with Crippen molar-refractivity contribution in [2.75, 3.05) is 0 Å². The summed E-state index contributed by atoms with van der Waals surface area (Å²) in [5, 5.41) is 15.0. The predicted molar refractivity (Wildman–Crippen MR) is 79.0 cm³/mol. The molecule has 112 valence electrons. The first-order valence-corrected chi connectivity index (χ1v) is 6.94. The molecule has 1 saturated carbocycles. The molecule has 6 heteroatoms. The van der Waals surface area contributed by atoms with Gasteiger partial charge in [0.25, 0.3) is 0 Å². The van der Waals surface area contributed by atoms with E-state index in [4.69, 9.17) is 0 Å². The fourth-order valence-electron chi connectivity index (χ4n) is 2.54. The van der Waals surface area contributed by atoms with Crippen LogP contribution in [0.15, 0.2) is 34.2 Å². The fraction of sp³-hybridized carbons (Fsp3) is 0.600. The second-order valence-electron chi connectivity index (χ2n) is 5.60. The molecule has 21 heavy (non-hydrogen) atoms. The molecule has 0 N–H and O–H groups in total. The minimum Gasteiger partial charge on any atom is -0.264 e. The highest BCUT2D eigenvalue weighted by atomic mass is 16.3. The van der Waals surface area contributed by atoms with Crippen LogP contribution in [0.4, 0.5) is 0 Å². The van der Waals surface area contributed by atoms with E-state index in [9.17, 15) is 19.9 Å². The molecule has 1 aliphatic carbocycles. The topological polar surface area (TPSA) is 99.7 Å². The Bertz CT molecular complexity index is 539. The van der Waals surface area contributed by atoms with E-state index in [1.807, 2.05) is 20.8 Å². The molecule has 0 radical (unpaired) electrons. The Morgan fingerprint density at radius 2 is 2.05 bits per heavy atom. The summed E-state index contributed by atoms with van der Waals surface area (Å²) in [5.74, 6) is -1.02. The first kappa shape index (κ1) is 16.9. The summed E-state index contributed by atoms with van der Waals surface area (Å²) in [6.07, 6.45) is 6.11. The van der Waals surface area contributed by atoms with E-state index in [0.29, 0.717) is 24.8 Å². The Hall–Kier alpha value is -2.16. The van der Waals surface area contributed by atoms with E-state index in [1.165, 1.54) is 0 Å². The Morgan fingerprint density at radius 3 is 2.38 bits per heavy atom. The fourth-order valence-corrected chi connectivity index (χ4v) is 2.54. The quantitative estimate of drug-likeness (QED) is 0.405. The van der Waals surface area contributed by atoms with Crippen LogP contribution in [0.5, 0.6) is 0 Å². The number of carbonyl (C=O) groups is 1. The highest BCUT2D eigenvalue weighted by molar-refractivity contribution is 5.89. The van der Waals surface area contributed by atoms with Crippen molar-refractivity contribution in [3.8, 4) is 6.07 Å². The van der Waals surface area contributed by atoms with Crippen LogP contribution < -0.4 is 0 Å². The monoisotopic (exact) mass is 289 g/mol. The van der Waals surface area contributed by atoms with Crippen molar-refractivity contribution >= 4 is 5.91 Å². The van der Waals surface area contributed by atoms with Gasteiger partial charge in [0.1, 0.15) is 5.54 Å². The van der Waals surface area contributed by atoms with Gasteiger partial charge in [0.05, 0.1) is 11.5 Å². The summed E-state index contributed by atoms with van der Waals surface area (Å²) in [5.41, 5.74) is -1.30. The summed E-state index contributed by atoms with van der Waals surface area (Å²) in [6.45, 7) is 5.50. The molecule has 1 amide bonds. The zero-order valence-electron chi connectivity index (χ0n) is 12.5. The van der Waals surface area contributed by atoms with E-state index in [-0.39, 0.29) is 5.92 Å². The van der Waals surface area contributed by atoms with Crippen molar-refractivity contribution in [3.63, 3.8) is 0 Å². The third-order valence-corrected chi connectivity index (χ3v) is 4.12. The van der Waals surface area contributed by atoms with Gasteiger partial charge in [-0.1, -0.05) is 38.1 Å². The Balaban J connectivity index is 3.19. The largest absolute Gasteiger partial charge is 0.309 e. The number of nitriles is 1. The Labute approximate surface area is 123 Å². The van der Waals surface area contributed by atoms with Gasteiger partial charge < -0.3 is 0 Å². The van der Waals surface area contributed by atoms with Crippen molar-refractivity contribution in [1.29, 1.82) is 5.26 Å². The van der Waals surface area contributed by atoms with E-state index in [2.05, 4.69) is 16.4 Å². The molecule has 0 bridgehead atoms. The van der Waals surface area contributed by atoms with Crippen molar-refractivity contribution < 1.29 is 4.79 Å². The Kier molecular flexibility index (Phi) is 5.25. The number of carbonyl (C=O) groups excluding carboxylic acids is 1. The molecule has 0 aromatic rings. The zero-order chi connectivity index (χ0) is 16.1. The molecule has 0 spiro atoms. The van der Waals surface area contributed by atoms with Gasteiger partial charge in [0.2, 0.25) is 0 Å². The molecule has 0 heterocycles. The number of nitroso groups, excluding NO2 is 2. The van der Waals surface area contributed by atoms with E-state index >= 15 is 0 Å². The summed E-state index contributed by atoms with van der Waals surface area (Å²) in [7, 11) is 0. The average molecular weight is 289 g/mol. The summed E-state index contributed by atoms with van der Waals surface area (Å²) in [4.78, 5) is 32.7. The van der Waals surface area contributed by atoms with Gasteiger partial charge in [-0.3, -0.25) is 4.79 Å². The van der Waals surface area contributed by atoms with Crippen molar-refractivity contribution in [1.82, 2.24) is 0 Å². The van der Waals surface area contributed by atoms with Crippen LogP contribution in [0, 0.1) is 32.5 Å². The summed E-state index contributed by atoms with van der Waals surface area (Å²) < 4.78 is 0. The smallest absolute Gasteiger partial charge is 0.264 e. The minimum atomic E-state index is -1.12. The zero-order valence-corrected chi connectivity index (χ0v) is 12.5. The van der Waals surface area contributed by atoms with Gasteiger partial charge in [-0.15, -0.1) is 9.81 Å². The molecule has 0 aliphatic heterocycles. The highest BCUT2D eigenvalue weighted by Crippen LogP contribution is 2.58. The molecule has 6 nitrogen and oxygen atoms in total. The van der Waals surface area contributed by atoms with E-state index in [0.717, 1.165) is 6.08 Å². The molecule has 1 aliphatic rings. The lowest BCUT2D eigenvalue weighted by atomic mass is 9.73. The maximum atomic E-state index is 11.5. The van der Waals surface area contributed by atoms with Crippen molar-refractivity contribution in [3.05, 3.63) is 33.6 Å². The number of hydrogen-bond donors (Lipinski definition) is 0. The molecule has 0 aromatic carbocycles. The number of nitrogens with zero attached hydrogens (tertiary/aromatic N) is 3. The molecular formula is C15H19N3O3. The van der Waals surface area contributed by atoms with Gasteiger partial charge in [-0.05, 0) is 30.8 Å². The number of hydrogen-bond acceptors (Lipinski definition) is 5. The van der Waals surface area contributed by atoms with E-state index < -0.39 is 16.9 Å². The molecule has 0 saturated heterocycles. The van der Waals surface area contributed by atoms with Gasteiger partial charge in [-0.25, -0.2) is 0 Å². The van der Waals surface area contributed by atoms with Crippen molar-refractivity contribution in [2.45, 2.75) is 45.6 Å². The third-order valence-electron chi connectivity index (χ3n) is 4.12. The number of amides is 1. The maximum Gasteiger partial charge on any atom is 0.309 e. The SMILES string of the molecule is CCC(=C/C(=O)N=O)/C=C/C(N=O)(C(C)C)C1(C#N)CC1. The molecule has 1 unspecified atom stereocenters. The van der Waals surface area contributed by atoms with Crippen LogP contribution in [0.1, 0.15) is 40.0 Å². The number of allylic oxidation sites excluding steroid dienone is 2. The molecular weight excluding hydrogens is 270 g/mol. The first-order chi connectivity index (χ1) is 9.91. The van der Waals surface area contributed by atoms with Gasteiger partial charge in [0.15, 0.2) is 0 Å². The number of rotatable bonds is 7. The lowest BCUT2D eigenvalue weighted by Crippen LogP contribution is -2.40. The van der Waals surface area contributed by atoms with Gasteiger partial charge in [-0.2, -0.15) is 5.26 Å². The molecule has 0 aromatic heterocycles. The van der Waals surface area contributed by atoms with Crippen LogP contribution in [0.3, 0.4) is 0 Å². The molecule has 1 rings (SSSR count). The standard InChI is InChI=1S/C15H19N3O3/c1-4-12(9-13(19)17-20)5-6-15(18-21,11(2)3)14(10-16)7-8-14/h5-6,9,11H,4,7-8H2,1-3H3/b6-5+,12-9-. The average Bonchev–Trinajstić information content (AvgIpc) is 3.27. The van der Waals surface area contributed by atoms with Crippen LogP contribution in [0.25, 0.3) is 0 Å². The molecule has 1 atom stereocenters. The highest BCUT2D eigenvalue weighted by Gasteiger charge is 2.62. The Morgan fingerprint density at radius 1 is 1.43 bits per heavy atom. The van der Waals surface area contributed by atoms with E-state index in [1.54, 1.807) is 12.2 Å². The lowest BCUT2D eigenvalue weighted by Gasteiger charge is -2.31. The first-order valence-electron chi connectivity index (χ1n) is 6.94. The van der Waals surface area contributed by atoms with Gasteiger partial charge >= 0.3 is 5.91 Å². The molecule has 1 fully saturated rings. The van der Waals surface area contributed by atoms with Crippen LogP contribution in [-0.4, -0.2) is 11.4 Å². The van der Waals surface area contributed by atoms with Gasteiger partial charge in [0, 0.05) is 11.3 Å². The second-order valence-corrected chi connectivity index (χ2v) is 5.60. The van der Waals surface area contributed by atoms with Crippen LogP contribution in [0.2, 0.25) is 0 Å². The van der Waals surface area contributed by atoms with Crippen LogP contribution in [-0.2, 0) is 4.79 Å². The summed E-state index contributed by atoms with van der Waals surface area (Å²) in [6, 6.07) is 2.22. The maximum absolute atomic E-state index is 11.5. The van der Waals surface area contributed by atoms with Crippen molar-refractivity contribution in [2.24, 2.45) is 21.7 Å². The van der Waals surface area contributed by atoms with Crippen LogP contribution >= 0.6 is 0 Å².